The summed E-state index contributed by atoms with van der Waals surface area (Å²) in [5, 5.41) is 8.71. The van der Waals surface area contributed by atoms with Gasteiger partial charge >= 0.3 is 5.97 Å². The highest BCUT2D eigenvalue weighted by Gasteiger charge is 2.07. The molecule has 0 aliphatic rings. The lowest BCUT2D eigenvalue weighted by Crippen LogP contribution is -2.00. The van der Waals surface area contributed by atoms with Crippen LogP contribution < -0.4 is 0 Å². The molecule has 2 aromatic rings. The average Bonchev–Trinajstić information content (AvgIpc) is 2.71. The van der Waals surface area contributed by atoms with Gasteiger partial charge in [-0.05, 0) is 24.3 Å². The molecular weight excluding hydrogens is 182 g/mol. The summed E-state index contributed by atoms with van der Waals surface area (Å²) in [6.45, 7) is 0. The molecule has 0 aliphatic carbocycles. The molecule has 14 heavy (non-hydrogen) atoms. The summed E-state index contributed by atoms with van der Waals surface area (Å²) < 4.78 is 5.10. The molecule has 0 aliphatic heterocycles. The molecule has 0 amide bonds. The van der Waals surface area contributed by atoms with E-state index < -0.39 is 5.97 Å². The number of pyridine rings is 1. The van der Waals surface area contributed by atoms with E-state index in [9.17, 15) is 4.79 Å². The van der Waals surface area contributed by atoms with Crippen molar-refractivity contribution in [2.75, 3.05) is 0 Å². The molecule has 2 aromatic heterocycles. The van der Waals surface area contributed by atoms with Gasteiger partial charge in [0.1, 0.15) is 11.4 Å². The molecule has 0 bridgehead atoms. The molecule has 70 valence electrons. The first-order valence-corrected chi connectivity index (χ1v) is 4.01. The number of aromatic carboxylic acids is 1. The summed E-state index contributed by atoms with van der Waals surface area (Å²) in [6, 6.07) is 8.23. The van der Waals surface area contributed by atoms with Gasteiger partial charge in [0.2, 0.25) is 0 Å². The highest BCUT2D eigenvalue weighted by Crippen LogP contribution is 2.17. The molecule has 0 saturated heterocycles. The summed E-state index contributed by atoms with van der Waals surface area (Å²) in [6.07, 6.45) is 1.52. The van der Waals surface area contributed by atoms with E-state index >= 15 is 0 Å². The molecule has 2 rings (SSSR count). The third-order valence-corrected chi connectivity index (χ3v) is 1.74. The van der Waals surface area contributed by atoms with Crippen molar-refractivity contribution in [1.82, 2.24) is 4.98 Å². The molecule has 0 spiro atoms. The number of nitrogens with zero attached hydrogens (tertiary/aromatic N) is 1. The monoisotopic (exact) mass is 189 g/mol. The SMILES string of the molecule is O=C(O)c1cccc(-c2ccco2)n1. The Morgan fingerprint density at radius 3 is 2.79 bits per heavy atom. The normalized spacial score (nSPS) is 10.0. The van der Waals surface area contributed by atoms with Crippen LogP contribution in [0.25, 0.3) is 11.5 Å². The highest BCUT2D eigenvalue weighted by molar-refractivity contribution is 5.85. The molecule has 4 nitrogen and oxygen atoms in total. The summed E-state index contributed by atoms with van der Waals surface area (Å²) in [5.41, 5.74) is 0.536. The maximum absolute atomic E-state index is 10.6. The van der Waals surface area contributed by atoms with Crippen molar-refractivity contribution in [2.45, 2.75) is 0 Å². The smallest absolute Gasteiger partial charge is 0.354 e. The summed E-state index contributed by atoms with van der Waals surface area (Å²) in [7, 11) is 0. The van der Waals surface area contributed by atoms with Crippen LogP contribution in [0, 0.1) is 0 Å². The van der Waals surface area contributed by atoms with Gasteiger partial charge in [0, 0.05) is 0 Å². The van der Waals surface area contributed by atoms with Crippen LogP contribution in [0.4, 0.5) is 0 Å². The van der Waals surface area contributed by atoms with Crippen LogP contribution in [0.15, 0.2) is 41.0 Å². The van der Waals surface area contributed by atoms with Gasteiger partial charge in [0.25, 0.3) is 0 Å². The molecule has 0 unspecified atom stereocenters. The Morgan fingerprint density at radius 1 is 1.29 bits per heavy atom. The molecule has 0 fully saturated rings. The first kappa shape index (κ1) is 8.50. The van der Waals surface area contributed by atoms with Crippen molar-refractivity contribution in [1.29, 1.82) is 0 Å². The zero-order chi connectivity index (χ0) is 9.97. The first-order chi connectivity index (χ1) is 6.77. The lowest BCUT2D eigenvalue weighted by atomic mass is 10.2. The van der Waals surface area contributed by atoms with Gasteiger partial charge in [-0.2, -0.15) is 0 Å². The van der Waals surface area contributed by atoms with Crippen molar-refractivity contribution in [3.05, 3.63) is 42.3 Å². The molecule has 0 radical (unpaired) electrons. The van der Waals surface area contributed by atoms with Gasteiger partial charge in [-0.1, -0.05) is 6.07 Å². The maximum Gasteiger partial charge on any atom is 0.354 e. The van der Waals surface area contributed by atoms with Gasteiger partial charge in [-0.3, -0.25) is 0 Å². The van der Waals surface area contributed by atoms with Crippen molar-refractivity contribution in [3.63, 3.8) is 0 Å². The maximum atomic E-state index is 10.6. The number of aromatic nitrogens is 1. The fourth-order valence-electron chi connectivity index (χ4n) is 1.12. The summed E-state index contributed by atoms with van der Waals surface area (Å²) in [4.78, 5) is 14.6. The van der Waals surface area contributed by atoms with Crippen LogP contribution in [0.5, 0.6) is 0 Å². The van der Waals surface area contributed by atoms with Crippen LogP contribution in [0.1, 0.15) is 10.5 Å². The molecule has 4 heteroatoms. The Bertz CT molecular complexity index is 448. The summed E-state index contributed by atoms with van der Waals surface area (Å²) >= 11 is 0. The van der Waals surface area contributed by atoms with E-state index in [1.54, 1.807) is 24.3 Å². The Morgan fingerprint density at radius 2 is 2.14 bits per heavy atom. The number of carbonyl (C=O) groups is 1. The fourth-order valence-corrected chi connectivity index (χ4v) is 1.12. The van der Waals surface area contributed by atoms with E-state index in [4.69, 9.17) is 9.52 Å². The zero-order valence-corrected chi connectivity index (χ0v) is 7.18. The number of carboxylic acid groups (broad SMARTS) is 1. The van der Waals surface area contributed by atoms with E-state index in [-0.39, 0.29) is 5.69 Å². The van der Waals surface area contributed by atoms with E-state index in [0.717, 1.165) is 0 Å². The third-order valence-electron chi connectivity index (χ3n) is 1.74. The molecule has 2 heterocycles. The predicted molar refractivity (Wildman–Crippen MR) is 48.9 cm³/mol. The van der Waals surface area contributed by atoms with Gasteiger partial charge in [0.15, 0.2) is 5.76 Å². The standard InChI is InChI=1S/C10H7NO3/c12-10(13)8-4-1-3-7(11-8)9-5-2-6-14-9/h1-6H,(H,12,13). The zero-order valence-electron chi connectivity index (χ0n) is 7.18. The van der Waals surface area contributed by atoms with E-state index in [2.05, 4.69) is 4.98 Å². The van der Waals surface area contributed by atoms with Crippen LogP contribution in [-0.4, -0.2) is 16.1 Å². The second-order valence-electron chi connectivity index (χ2n) is 2.69. The van der Waals surface area contributed by atoms with Gasteiger partial charge < -0.3 is 9.52 Å². The number of hydrogen-bond donors (Lipinski definition) is 1. The molecular formula is C10H7NO3. The lowest BCUT2D eigenvalue weighted by Gasteiger charge is -1.97. The molecule has 1 N–H and O–H groups in total. The minimum atomic E-state index is -1.04. The molecule has 0 atom stereocenters. The molecule has 0 saturated carbocycles. The minimum Gasteiger partial charge on any atom is -0.477 e. The quantitative estimate of drug-likeness (QED) is 0.785. The second-order valence-corrected chi connectivity index (χ2v) is 2.69. The van der Waals surface area contributed by atoms with Crippen LogP contribution in [-0.2, 0) is 0 Å². The second kappa shape index (κ2) is 3.33. The number of rotatable bonds is 2. The van der Waals surface area contributed by atoms with E-state index in [1.807, 2.05) is 0 Å². The van der Waals surface area contributed by atoms with Crippen LogP contribution in [0.2, 0.25) is 0 Å². The average molecular weight is 189 g/mol. The Labute approximate surface area is 79.8 Å². The van der Waals surface area contributed by atoms with Crippen molar-refractivity contribution in [3.8, 4) is 11.5 Å². The highest BCUT2D eigenvalue weighted by atomic mass is 16.4. The number of hydrogen-bond acceptors (Lipinski definition) is 3. The number of carboxylic acids is 1. The van der Waals surface area contributed by atoms with E-state index in [1.165, 1.54) is 12.3 Å². The topological polar surface area (TPSA) is 63.3 Å². The van der Waals surface area contributed by atoms with Crippen molar-refractivity contribution in [2.24, 2.45) is 0 Å². The first-order valence-electron chi connectivity index (χ1n) is 4.01. The Balaban J connectivity index is 2.46. The largest absolute Gasteiger partial charge is 0.477 e. The molecule has 0 aromatic carbocycles. The van der Waals surface area contributed by atoms with Gasteiger partial charge in [0.05, 0.1) is 6.26 Å². The number of furan rings is 1. The Hall–Kier alpha value is -2.10. The van der Waals surface area contributed by atoms with Crippen molar-refractivity contribution >= 4 is 5.97 Å². The van der Waals surface area contributed by atoms with Crippen LogP contribution >= 0.6 is 0 Å². The fraction of sp³-hybridized carbons (Fsp3) is 0. The van der Waals surface area contributed by atoms with Gasteiger partial charge in [-0.15, -0.1) is 0 Å². The van der Waals surface area contributed by atoms with E-state index in [0.29, 0.717) is 11.5 Å². The predicted octanol–water partition coefficient (Wildman–Crippen LogP) is 2.04. The lowest BCUT2D eigenvalue weighted by molar-refractivity contribution is 0.0690. The Kier molecular flexibility index (Phi) is 2.02. The minimum absolute atomic E-state index is 0.0129. The van der Waals surface area contributed by atoms with Gasteiger partial charge in [-0.25, -0.2) is 9.78 Å². The van der Waals surface area contributed by atoms with Crippen LogP contribution in [0.3, 0.4) is 0 Å². The third kappa shape index (κ3) is 1.50. The summed E-state index contributed by atoms with van der Waals surface area (Å²) in [5.74, 6) is -0.480. The van der Waals surface area contributed by atoms with Crippen molar-refractivity contribution < 1.29 is 14.3 Å².